The zero-order chi connectivity index (χ0) is 13.8. The summed E-state index contributed by atoms with van der Waals surface area (Å²) in [5.74, 6) is 1.44. The molecule has 0 N–H and O–H groups in total. The quantitative estimate of drug-likeness (QED) is 0.767. The van der Waals surface area contributed by atoms with Gasteiger partial charge in [-0.05, 0) is 30.6 Å². The molecule has 0 spiro atoms. The zero-order valence-electron chi connectivity index (χ0n) is 12.4. The third kappa shape index (κ3) is 1.91. The lowest BCUT2D eigenvalue weighted by Gasteiger charge is -2.58. The van der Waals surface area contributed by atoms with Crippen molar-refractivity contribution < 1.29 is 14.3 Å². The first kappa shape index (κ1) is 13.4. The van der Waals surface area contributed by atoms with Gasteiger partial charge in [-0.2, -0.15) is 0 Å². The third-order valence-electron chi connectivity index (χ3n) is 5.78. The van der Waals surface area contributed by atoms with E-state index in [1.807, 2.05) is 11.9 Å². The van der Waals surface area contributed by atoms with E-state index in [0.717, 1.165) is 19.4 Å². The molecule has 0 radical (unpaired) electrons. The molecule has 19 heavy (non-hydrogen) atoms. The first-order valence-electron chi connectivity index (χ1n) is 7.36. The van der Waals surface area contributed by atoms with Gasteiger partial charge < -0.3 is 14.4 Å². The molecule has 3 atom stereocenters. The molecular weight excluding hydrogens is 242 g/mol. The molecule has 1 saturated carbocycles. The molecule has 0 aromatic rings. The maximum Gasteiger partial charge on any atom is 0.222 e. The molecule has 0 bridgehead atoms. The van der Waals surface area contributed by atoms with Crippen molar-refractivity contribution in [1.29, 1.82) is 0 Å². The van der Waals surface area contributed by atoms with Crippen molar-refractivity contribution in [1.82, 2.24) is 4.90 Å². The van der Waals surface area contributed by atoms with Crippen molar-refractivity contribution in [2.75, 3.05) is 26.8 Å². The second-order valence-electron chi connectivity index (χ2n) is 7.17. The Balaban J connectivity index is 1.70. The highest BCUT2D eigenvalue weighted by Crippen LogP contribution is 2.61. The highest BCUT2D eigenvalue weighted by Gasteiger charge is 2.60. The molecule has 1 amide bonds. The molecule has 0 unspecified atom stereocenters. The Kier molecular flexibility index (Phi) is 2.95. The number of amides is 1. The van der Waals surface area contributed by atoms with E-state index in [-0.39, 0.29) is 5.41 Å². The van der Waals surface area contributed by atoms with E-state index in [2.05, 4.69) is 20.8 Å². The SMILES string of the molecule is CN1C[C@H]([C@H]2C[C@@H](C3(C)OCCO3)C2(C)C)CC1=O. The van der Waals surface area contributed by atoms with Crippen LogP contribution in [0.4, 0.5) is 0 Å². The summed E-state index contributed by atoms with van der Waals surface area (Å²) in [7, 11) is 1.91. The molecule has 3 rings (SSSR count). The molecule has 4 heteroatoms. The van der Waals surface area contributed by atoms with Gasteiger partial charge in [0, 0.05) is 25.9 Å². The molecular formula is C15H25NO3. The van der Waals surface area contributed by atoms with Gasteiger partial charge in [-0.1, -0.05) is 13.8 Å². The zero-order valence-corrected chi connectivity index (χ0v) is 12.4. The Labute approximate surface area is 115 Å². The van der Waals surface area contributed by atoms with E-state index in [9.17, 15) is 4.79 Å². The third-order valence-corrected chi connectivity index (χ3v) is 5.78. The Morgan fingerprint density at radius 3 is 2.32 bits per heavy atom. The van der Waals surface area contributed by atoms with Crippen LogP contribution in [0.3, 0.4) is 0 Å². The van der Waals surface area contributed by atoms with E-state index in [1.165, 1.54) is 0 Å². The summed E-state index contributed by atoms with van der Waals surface area (Å²) in [5, 5.41) is 0. The lowest BCUT2D eigenvalue weighted by molar-refractivity contribution is -0.259. The minimum absolute atomic E-state index is 0.190. The number of carbonyl (C=O) groups excluding carboxylic acids is 1. The summed E-state index contributed by atoms with van der Waals surface area (Å²) >= 11 is 0. The Bertz CT molecular complexity index is 387. The largest absolute Gasteiger partial charge is 0.348 e. The van der Waals surface area contributed by atoms with E-state index in [4.69, 9.17) is 9.47 Å². The molecule has 4 nitrogen and oxygen atoms in total. The van der Waals surface area contributed by atoms with Gasteiger partial charge in [0.25, 0.3) is 0 Å². The van der Waals surface area contributed by atoms with Crippen LogP contribution in [-0.4, -0.2) is 43.4 Å². The number of likely N-dealkylation sites (tertiary alicyclic amines) is 1. The maximum absolute atomic E-state index is 11.7. The fraction of sp³-hybridized carbons (Fsp3) is 0.933. The van der Waals surface area contributed by atoms with E-state index in [1.54, 1.807) is 0 Å². The van der Waals surface area contributed by atoms with Gasteiger partial charge >= 0.3 is 0 Å². The number of rotatable bonds is 2. The Morgan fingerprint density at radius 2 is 1.84 bits per heavy atom. The van der Waals surface area contributed by atoms with Crippen LogP contribution in [0, 0.1) is 23.2 Å². The number of ether oxygens (including phenoxy) is 2. The highest BCUT2D eigenvalue weighted by atomic mass is 16.7. The van der Waals surface area contributed by atoms with Crippen molar-refractivity contribution in [3.05, 3.63) is 0 Å². The molecule has 2 aliphatic heterocycles. The summed E-state index contributed by atoms with van der Waals surface area (Å²) in [4.78, 5) is 13.6. The van der Waals surface area contributed by atoms with Crippen LogP contribution in [0.5, 0.6) is 0 Å². The molecule has 2 heterocycles. The van der Waals surface area contributed by atoms with Gasteiger partial charge in [0.1, 0.15) is 0 Å². The fourth-order valence-electron chi connectivity index (χ4n) is 4.55. The lowest BCUT2D eigenvalue weighted by Crippen LogP contribution is -2.58. The predicted molar refractivity (Wildman–Crippen MR) is 71.4 cm³/mol. The van der Waals surface area contributed by atoms with Crippen LogP contribution in [0.2, 0.25) is 0 Å². The molecule has 2 saturated heterocycles. The van der Waals surface area contributed by atoms with E-state index >= 15 is 0 Å². The van der Waals surface area contributed by atoms with E-state index in [0.29, 0.717) is 36.9 Å². The van der Waals surface area contributed by atoms with Crippen molar-refractivity contribution in [3.63, 3.8) is 0 Å². The topological polar surface area (TPSA) is 38.8 Å². The molecule has 3 fully saturated rings. The minimum Gasteiger partial charge on any atom is -0.348 e. The minimum atomic E-state index is -0.408. The van der Waals surface area contributed by atoms with Gasteiger partial charge in [0.2, 0.25) is 5.91 Å². The Hall–Kier alpha value is -0.610. The second kappa shape index (κ2) is 4.19. The summed E-state index contributed by atoms with van der Waals surface area (Å²) in [6, 6.07) is 0. The number of hydrogen-bond acceptors (Lipinski definition) is 3. The first-order valence-corrected chi connectivity index (χ1v) is 7.36. The molecule has 108 valence electrons. The van der Waals surface area contributed by atoms with Crippen LogP contribution in [0.25, 0.3) is 0 Å². The summed E-state index contributed by atoms with van der Waals surface area (Å²) in [5.41, 5.74) is 0.190. The number of carbonyl (C=O) groups is 1. The molecule has 1 aliphatic carbocycles. The fourth-order valence-corrected chi connectivity index (χ4v) is 4.55. The van der Waals surface area contributed by atoms with Crippen LogP contribution < -0.4 is 0 Å². The summed E-state index contributed by atoms with van der Waals surface area (Å²) in [6.07, 6.45) is 1.84. The summed E-state index contributed by atoms with van der Waals surface area (Å²) < 4.78 is 11.7. The number of nitrogens with zero attached hydrogens (tertiary/aromatic N) is 1. The standard InChI is InChI=1S/C15H25NO3/c1-14(2)11(10-7-13(17)16(4)9-10)8-12(14)15(3)18-5-6-19-15/h10-12H,5-9H2,1-4H3/t10-,11-,12-/m1/s1. The maximum atomic E-state index is 11.7. The van der Waals surface area contributed by atoms with Gasteiger partial charge in [-0.3, -0.25) is 4.79 Å². The van der Waals surface area contributed by atoms with Crippen LogP contribution in [0.15, 0.2) is 0 Å². The van der Waals surface area contributed by atoms with Gasteiger partial charge in [-0.15, -0.1) is 0 Å². The first-order chi connectivity index (χ1) is 8.84. The summed E-state index contributed by atoms with van der Waals surface area (Å²) in [6.45, 7) is 9.03. The van der Waals surface area contributed by atoms with Crippen molar-refractivity contribution in [3.8, 4) is 0 Å². The van der Waals surface area contributed by atoms with Gasteiger partial charge in [0.15, 0.2) is 5.79 Å². The molecule has 0 aromatic heterocycles. The second-order valence-corrected chi connectivity index (χ2v) is 7.17. The smallest absolute Gasteiger partial charge is 0.222 e. The Morgan fingerprint density at radius 1 is 1.21 bits per heavy atom. The average Bonchev–Trinajstić information content (AvgIpc) is 2.86. The highest BCUT2D eigenvalue weighted by molar-refractivity contribution is 5.78. The monoisotopic (exact) mass is 267 g/mol. The number of hydrogen-bond donors (Lipinski definition) is 0. The van der Waals surface area contributed by atoms with Crippen molar-refractivity contribution in [2.24, 2.45) is 23.2 Å². The lowest BCUT2D eigenvalue weighted by atomic mass is 9.49. The van der Waals surface area contributed by atoms with E-state index < -0.39 is 5.79 Å². The molecule has 0 aromatic carbocycles. The van der Waals surface area contributed by atoms with Crippen LogP contribution in [-0.2, 0) is 14.3 Å². The van der Waals surface area contributed by atoms with Crippen LogP contribution in [0.1, 0.15) is 33.6 Å². The van der Waals surface area contributed by atoms with Crippen molar-refractivity contribution in [2.45, 2.75) is 39.4 Å². The van der Waals surface area contributed by atoms with Gasteiger partial charge in [-0.25, -0.2) is 0 Å². The van der Waals surface area contributed by atoms with Crippen molar-refractivity contribution >= 4 is 5.91 Å². The predicted octanol–water partition coefficient (Wildman–Crippen LogP) is 1.89. The normalized spacial score (nSPS) is 40.5. The van der Waals surface area contributed by atoms with Gasteiger partial charge in [0.05, 0.1) is 13.2 Å². The molecule has 3 aliphatic rings. The van der Waals surface area contributed by atoms with Crippen LogP contribution >= 0.6 is 0 Å². The average molecular weight is 267 g/mol.